The molecule has 0 spiro atoms. The monoisotopic (exact) mass is 996 g/mol. The van der Waals surface area contributed by atoms with Gasteiger partial charge in [-0.25, -0.2) is 4.57 Å². The summed E-state index contributed by atoms with van der Waals surface area (Å²) in [5.41, 5.74) is 0. The number of likely N-dealkylation sites (N-methyl/N-ethyl adjacent to an activating group) is 1. The standard InChI is InChI=1S/C60H103N2O7P/c1-7-10-13-16-19-22-25-28-30-31-32-35-38-41-44-47-50-53-60(64)69-58(51-48-45-42-39-36-33-27-24-21-18-15-12-9-3)57(56-68-70(65,66)67-55-54-62(4,5)6)61-59(63)52-49-46-43-40-37-34-29-26-23-20-17-14-11-8-2/h10-11,13-14,16,19-20,22-23,25,28,30-32,35,38,48,51,57-58H,7-9,12,15,17-18,21,24,26-27,29,33-34,36-37,39-47,49-50,52-56H2,1-6H3,(H-,61,63,65,66)/p+1/b13-10-,14-11+,19-16+,23-20+,25-22+,30-28-,32-31+,38-35+,51-48+. The Bertz CT molecular complexity index is 1570. The van der Waals surface area contributed by atoms with Gasteiger partial charge in [0.15, 0.2) is 0 Å². The molecule has 0 aliphatic rings. The van der Waals surface area contributed by atoms with E-state index in [1.807, 2.05) is 94.1 Å². The number of allylic oxidation sites excluding steroid dienone is 17. The molecular weight excluding hydrogens is 892 g/mol. The zero-order valence-electron chi connectivity index (χ0n) is 45.5. The Hall–Kier alpha value is -3.33. The van der Waals surface area contributed by atoms with Crippen LogP contribution in [0, 0.1) is 0 Å². The van der Waals surface area contributed by atoms with Gasteiger partial charge < -0.3 is 19.4 Å². The number of hydrogen-bond acceptors (Lipinski definition) is 6. The molecule has 0 bridgehead atoms. The smallest absolute Gasteiger partial charge is 0.456 e. The van der Waals surface area contributed by atoms with Crippen molar-refractivity contribution < 1.29 is 37.3 Å². The molecule has 2 N–H and O–H groups in total. The largest absolute Gasteiger partial charge is 0.472 e. The maximum atomic E-state index is 13.5. The highest BCUT2D eigenvalue weighted by Gasteiger charge is 2.30. The summed E-state index contributed by atoms with van der Waals surface area (Å²) in [6.45, 7) is 6.70. The quantitative estimate of drug-likeness (QED) is 0.0156. The van der Waals surface area contributed by atoms with E-state index in [0.717, 1.165) is 89.9 Å². The van der Waals surface area contributed by atoms with Gasteiger partial charge in [0.05, 0.1) is 33.8 Å². The number of phosphoric acid groups is 1. The molecule has 0 heterocycles. The van der Waals surface area contributed by atoms with Crippen LogP contribution in [0.4, 0.5) is 0 Å². The summed E-state index contributed by atoms with van der Waals surface area (Å²) >= 11 is 0. The topological polar surface area (TPSA) is 111 Å². The highest BCUT2D eigenvalue weighted by atomic mass is 31.2. The number of hydrogen-bond donors (Lipinski definition) is 2. The molecule has 0 aromatic heterocycles. The lowest BCUT2D eigenvalue weighted by Crippen LogP contribution is -2.47. The van der Waals surface area contributed by atoms with Crippen LogP contribution in [0.25, 0.3) is 0 Å². The Morgan fingerprint density at radius 2 is 0.986 bits per heavy atom. The van der Waals surface area contributed by atoms with Gasteiger partial charge in [-0.15, -0.1) is 0 Å². The lowest BCUT2D eigenvalue weighted by molar-refractivity contribution is -0.870. The molecule has 0 aromatic rings. The van der Waals surface area contributed by atoms with Gasteiger partial charge in [0.2, 0.25) is 5.91 Å². The number of carbonyl (C=O) groups excluding carboxylic acids is 2. The Balaban J connectivity index is 5.52. The lowest BCUT2D eigenvalue weighted by atomic mass is 10.0. The Morgan fingerprint density at radius 3 is 1.54 bits per heavy atom. The Morgan fingerprint density at radius 1 is 0.529 bits per heavy atom. The predicted octanol–water partition coefficient (Wildman–Crippen LogP) is 16.6. The van der Waals surface area contributed by atoms with E-state index >= 15 is 0 Å². The fraction of sp³-hybridized carbons (Fsp3) is 0.667. The summed E-state index contributed by atoms with van der Waals surface area (Å²) in [6, 6.07) is -0.877. The molecule has 10 heteroatoms. The number of nitrogens with zero attached hydrogens (tertiary/aromatic N) is 1. The third kappa shape index (κ3) is 49.6. The third-order valence-corrected chi connectivity index (χ3v) is 12.6. The van der Waals surface area contributed by atoms with Crippen molar-refractivity contribution in [3.05, 3.63) is 109 Å². The van der Waals surface area contributed by atoms with E-state index in [1.54, 1.807) is 0 Å². The van der Waals surface area contributed by atoms with E-state index in [9.17, 15) is 19.0 Å². The first kappa shape index (κ1) is 66.7. The molecule has 0 aromatic carbocycles. The molecule has 1 amide bonds. The van der Waals surface area contributed by atoms with Crippen molar-refractivity contribution in [2.75, 3.05) is 40.9 Å². The third-order valence-electron chi connectivity index (χ3n) is 11.6. The van der Waals surface area contributed by atoms with Crippen LogP contribution in [0.1, 0.15) is 207 Å². The number of amides is 1. The summed E-state index contributed by atoms with van der Waals surface area (Å²) < 4.78 is 30.5. The molecule has 0 aliphatic carbocycles. The number of ether oxygens (including phenoxy) is 1. The first-order valence-corrected chi connectivity index (χ1v) is 29.3. The van der Waals surface area contributed by atoms with E-state index in [4.69, 9.17) is 13.8 Å². The second-order valence-corrected chi connectivity index (χ2v) is 20.9. The molecule has 0 saturated heterocycles. The van der Waals surface area contributed by atoms with E-state index in [1.165, 1.54) is 77.0 Å². The second-order valence-electron chi connectivity index (χ2n) is 19.5. The van der Waals surface area contributed by atoms with Crippen LogP contribution in [0.2, 0.25) is 0 Å². The van der Waals surface area contributed by atoms with E-state index in [-0.39, 0.29) is 31.5 Å². The van der Waals surface area contributed by atoms with Gasteiger partial charge in [0.25, 0.3) is 0 Å². The molecule has 0 fully saturated rings. The minimum Gasteiger partial charge on any atom is -0.456 e. The van der Waals surface area contributed by atoms with Crippen LogP contribution in [-0.2, 0) is 27.9 Å². The average Bonchev–Trinajstić information content (AvgIpc) is 3.32. The maximum Gasteiger partial charge on any atom is 0.472 e. The molecule has 70 heavy (non-hydrogen) atoms. The normalized spacial score (nSPS) is 14.7. The molecule has 400 valence electrons. The zero-order chi connectivity index (χ0) is 51.5. The van der Waals surface area contributed by atoms with Crippen LogP contribution in [-0.4, -0.2) is 74.3 Å². The van der Waals surface area contributed by atoms with Crippen molar-refractivity contribution >= 4 is 19.7 Å². The minimum absolute atomic E-state index is 0.0250. The minimum atomic E-state index is -4.46. The van der Waals surface area contributed by atoms with E-state index in [0.29, 0.717) is 23.9 Å². The number of carbonyl (C=O) groups is 2. The van der Waals surface area contributed by atoms with Gasteiger partial charge in [-0.1, -0.05) is 227 Å². The van der Waals surface area contributed by atoms with Crippen molar-refractivity contribution in [2.45, 2.75) is 219 Å². The molecule has 0 rings (SSSR count). The lowest BCUT2D eigenvalue weighted by Gasteiger charge is -2.27. The first-order valence-electron chi connectivity index (χ1n) is 27.8. The SMILES string of the molecule is CC\C=C/C=C/C=C/C=C\C=C\C=C\CCCCCC(=O)OC(/C=C/CCCCCCCCCCCCC)C(COP(=O)(O)OCC[N+](C)(C)C)NC(=O)CCCCCCCCC/C=C/C/C=C/CC. The molecule has 0 radical (unpaired) electrons. The average molecular weight is 996 g/mol. The summed E-state index contributed by atoms with van der Waals surface area (Å²) in [4.78, 5) is 37.5. The zero-order valence-corrected chi connectivity index (χ0v) is 46.4. The summed E-state index contributed by atoms with van der Waals surface area (Å²) in [5.74, 6) is -0.575. The van der Waals surface area contributed by atoms with Crippen LogP contribution >= 0.6 is 7.82 Å². The van der Waals surface area contributed by atoms with Gasteiger partial charge in [0, 0.05) is 12.8 Å². The van der Waals surface area contributed by atoms with Gasteiger partial charge in [-0.3, -0.25) is 18.6 Å². The van der Waals surface area contributed by atoms with Crippen molar-refractivity contribution in [1.29, 1.82) is 0 Å². The fourth-order valence-electron chi connectivity index (χ4n) is 7.36. The predicted molar refractivity (Wildman–Crippen MR) is 300 cm³/mol. The van der Waals surface area contributed by atoms with Crippen molar-refractivity contribution in [1.82, 2.24) is 5.32 Å². The molecular formula is C60H104N2O7P+. The highest BCUT2D eigenvalue weighted by molar-refractivity contribution is 7.47. The number of phosphoric ester groups is 1. The van der Waals surface area contributed by atoms with Gasteiger partial charge in [-0.05, 0) is 76.7 Å². The molecule has 3 atom stereocenters. The van der Waals surface area contributed by atoms with Crippen LogP contribution in [0.5, 0.6) is 0 Å². The summed E-state index contributed by atoms with van der Waals surface area (Å²) in [5, 5.41) is 3.03. The van der Waals surface area contributed by atoms with Crippen LogP contribution in [0.3, 0.4) is 0 Å². The fourth-order valence-corrected chi connectivity index (χ4v) is 8.10. The van der Waals surface area contributed by atoms with Gasteiger partial charge >= 0.3 is 13.8 Å². The number of esters is 1. The Kier molecular flexibility index (Phi) is 46.9. The maximum absolute atomic E-state index is 13.5. The summed E-state index contributed by atoms with van der Waals surface area (Å²) in [7, 11) is 1.44. The van der Waals surface area contributed by atoms with Crippen molar-refractivity contribution in [2.24, 2.45) is 0 Å². The Labute approximate surface area is 430 Å². The number of unbranched alkanes of at least 4 members (excludes halogenated alkanes) is 21. The number of rotatable bonds is 48. The first-order chi connectivity index (χ1) is 33.9. The van der Waals surface area contributed by atoms with Crippen LogP contribution in [0.15, 0.2) is 109 Å². The number of quaternary nitrogens is 1. The van der Waals surface area contributed by atoms with E-state index in [2.05, 4.69) is 62.5 Å². The van der Waals surface area contributed by atoms with Crippen LogP contribution < -0.4 is 5.32 Å². The molecule has 0 saturated carbocycles. The van der Waals surface area contributed by atoms with E-state index < -0.39 is 20.0 Å². The molecule has 9 nitrogen and oxygen atoms in total. The van der Waals surface area contributed by atoms with Gasteiger partial charge in [0.1, 0.15) is 19.3 Å². The molecule has 3 unspecified atom stereocenters. The highest BCUT2D eigenvalue weighted by Crippen LogP contribution is 2.43. The second kappa shape index (κ2) is 49.3. The van der Waals surface area contributed by atoms with Crippen molar-refractivity contribution in [3.63, 3.8) is 0 Å². The van der Waals surface area contributed by atoms with Crippen molar-refractivity contribution in [3.8, 4) is 0 Å². The summed E-state index contributed by atoms with van der Waals surface area (Å²) in [6.07, 6.45) is 66.5. The van der Waals surface area contributed by atoms with Gasteiger partial charge in [-0.2, -0.15) is 0 Å². The number of nitrogens with one attached hydrogen (secondary N) is 1. The molecule has 0 aliphatic heterocycles.